The summed E-state index contributed by atoms with van der Waals surface area (Å²) >= 11 is 0. The van der Waals surface area contributed by atoms with Crippen molar-refractivity contribution in [3.8, 4) is 5.75 Å². The van der Waals surface area contributed by atoms with Gasteiger partial charge in [0.05, 0.1) is 24.3 Å². The molecule has 0 saturated heterocycles. The molecular formula is C17H15N2O7-. The summed E-state index contributed by atoms with van der Waals surface area (Å²) in [4.78, 5) is 24.7. The number of anilines is 1. The molecule has 1 aliphatic rings. The number of carbonyl (C=O) groups excluding carboxylic acids is 1. The van der Waals surface area contributed by atoms with E-state index in [0.717, 1.165) is 0 Å². The highest BCUT2D eigenvalue weighted by atomic mass is 16.8. The van der Waals surface area contributed by atoms with Gasteiger partial charge in [0.15, 0.2) is 0 Å². The van der Waals surface area contributed by atoms with Crippen molar-refractivity contribution < 1.29 is 23.9 Å². The van der Waals surface area contributed by atoms with Gasteiger partial charge in [-0.1, -0.05) is 12.1 Å². The second kappa shape index (κ2) is 6.54. The Hall–Kier alpha value is -3.30. The van der Waals surface area contributed by atoms with Gasteiger partial charge in [-0.3, -0.25) is 5.21 Å². The van der Waals surface area contributed by atoms with Gasteiger partial charge in [-0.2, -0.15) is 0 Å². The molecule has 1 aromatic carbocycles. The van der Waals surface area contributed by atoms with E-state index in [4.69, 9.17) is 24.8 Å². The normalized spacial score (nSPS) is 15.9. The van der Waals surface area contributed by atoms with Crippen LogP contribution in [0.5, 0.6) is 5.75 Å². The average molecular weight is 359 g/mol. The SMILES string of the molecule is COC(=O)C1=C(N)Oc2cc(C)oc(=O)c2C1c1ccc(N([O-])O)cc1. The third-order valence-corrected chi connectivity index (χ3v) is 3.99. The number of carbonyl (C=O) groups is 1. The second-order valence-electron chi connectivity index (χ2n) is 5.59. The number of fused-ring (bicyclic) bond motifs is 1. The van der Waals surface area contributed by atoms with Crippen molar-refractivity contribution in [2.75, 3.05) is 12.3 Å². The Morgan fingerprint density at radius 2 is 2.00 bits per heavy atom. The number of esters is 1. The number of nitrogens with two attached hydrogens (primary N) is 1. The predicted octanol–water partition coefficient (Wildman–Crippen LogP) is 1.51. The van der Waals surface area contributed by atoms with Crippen LogP contribution in [-0.2, 0) is 9.53 Å². The first-order chi connectivity index (χ1) is 12.3. The standard InChI is InChI=1S/C17H15N2O7/c1-8-7-11-13(17(21)25-8)12(14(15(18)26-11)16(20)24-2)9-3-5-10(6-4-9)19(22)23/h3-7,12,22H,18H2,1-2H3/q-1. The predicted molar refractivity (Wildman–Crippen MR) is 89.5 cm³/mol. The van der Waals surface area contributed by atoms with Crippen LogP contribution >= 0.6 is 0 Å². The quantitative estimate of drug-likeness (QED) is 0.616. The molecule has 1 aliphatic heterocycles. The molecule has 2 heterocycles. The first-order valence-corrected chi connectivity index (χ1v) is 7.50. The smallest absolute Gasteiger partial charge is 0.343 e. The van der Waals surface area contributed by atoms with Crippen molar-refractivity contribution in [2.45, 2.75) is 12.8 Å². The van der Waals surface area contributed by atoms with Crippen LogP contribution in [0.15, 0.2) is 51.0 Å². The van der Waals surface area contributed by atoms with Gasteiger partial charge < -0.3 is 30.1 Å². The minimum atomic E-state index is -0.920. The summed E-state index contributed by atoms with van der Waals surface area (Å²) < 4.78 is 15.3. The molecule has 1 unspecified atom stereocenters. The number of aryl methyl sites for hydroxylation is 1. The summed E-state index contributed by atoms with van der Waals surface area (Å²) in [5, 5.41) is 19.6. The van der Waals surface area contributed by atoms with Gasteiger partial charge in [0.2, 0.25) is 5.88 Å². The van der Waals surface area contributed by atoms with E-state index in [-0.39, 0.29) is 33.7 Å². The number of methoxy groups -OCH3 is 1. The average Bonchev–Trinajstić information content (AvgIpc) is 2.59. The minimum absolute atomic E-state index is 0.0199. The van der Waals surface area contributed by atoms with E-state index < -0.39 is 17.5 Å². The number of hydrogen-bond donors (Lipinski definition) is 2. The number of benzene rings is 1. The molecule has 1 atom stereocenters. The van der Waals surface area contributed by atoms with Crippen molar-refractivity contribution in [3.05, 3.63) is 74.3 Å². The van der Waals surface area contributed by atoms with E-state index >= 15 is 0 Å². The zero-order valence-electron chi connectivity index (χ0n) is 13.9. The number of hydrogen-bond acceptors (Lipinski definition) is 9. The molecule has 136 valence electrons. The van der Waals surface area contributed by atoms with E-state index in [1.165, 1.54) is 37.4 Å². The fraction of sp³-hybridized carbons (Fsp3) is 0.176. The number of rotatable bonds is 3. The van der Waals surface area contributed by atoms with Crippen LogP contribution in [0, 0.1) is 12.1 Å². The fourth-order valence-electron chi connectivity index (χ4n) is 2.85. The second-order valence-corrected chi connectivity index (χ2v) is 5.59. The molecule has 0 bridgehead atoms. The lowest BCUT2D eigenvalue weighted by molar-refractivity contribution is -0.136. The van der Waals surface area contributed by atoms with Crippen LogP contribution in [-0.4, -0.2) is 18.3 Å². The lowest BCUT2D eigenvalue weighted by atomic mass is 9.83. The van der Waals surface area contributed by atoms with E-state index in [1.54, 1.807) is 6.92 Å². The van der Waals surface area contributed by atoms with Crippen LogP contribution in [0.4, 0.5) is 5.69 Å². The highest BCUT2D eigenvalue weighted by Gasteiger charge is 2.38. The third kappa shape index (κ3) is 2.89. The Balaban J connectivity index is 2.24. The van der Waals surface area contributed by atoms with E-state index in [1.807, 2.05) is 0 Å². The largest absolute Gasteiger partial charge is 0.733 e. The van der Waals surface area contributed by atoms with Crippen LogP contribution in [0.1, 0.15) is 22.8 Å². The van der Waals surface area contributed by atoms with Crippen LogP contribution < -0.4 is 21.3 Å². The molecule has 3 N–H and O–H groups in total. The number of nitrogens with zero attached hydrogens (tertiary/aromatic N) is 1. The zero-order valence-corrected chi connectivity index (χ0v) is 13.9. The summed E-state index contributed by atoms with van der Waals surface area (Å²) in [6.07, 6.45) is 0. The molecule has 2 aromatic rings. The van der Waals surface area contributed by atoms with Gasteiger partial charge >= 0.3 is 11.6 Å². The molecule has 0 amide bonds. The summed E-state index contributed by atoms with van der Waals surface area (Å²) in [6, 6.07) is 7.11. The Kier molecular flexibility index (Phi) is 4.41. The summed E-state index contributed by atoms with van der Waals surface area (Å²) in [5.41, 5.74) is 5.68. The molecule has 0 fully saturated rings. The van der Waals surface area contributed by atoms with Crippen molar-refractivity contribution in [3.63, 3.8) is 0 Å². The third-order valence-electron chi connectivity index (χ3n) is 3.99. The van der Waals surface area contributed by atoms with Crippen molar-refractivity contribution in [1.29, 1.82) is 0 Å². The molecule has 9 heteroatoms. The van der Waals surface area contributed by atoms with Gasteiger partial charge in [0.1, 0.15) is 17.1 Å². The Morgan fingerprint density at radius 1 is 1.35 bits per heavy atom. The molecule has 3 rings (SSSR count). The van der Waals surface area contributed by atoms with Gasteiger partial charge in [0, 0.05) is 6.07 Å². The molecule has 9 nitrogen and oxygen atoms in total. The van der Waals surface area contributed by atoms with Crippen LogP contribution in [0.2, 0.25) is 0 Å². The van der Waals surface area contributed by atoms with Gasteiger partial charge in [0.25, 0.3) is 0 Å². The van der Waals surface area contributed by atoms with Gasteiger partial charge in [-0.15, -0.1) is 0 Å². The Bertz CT molecular complexity index is 945. The molecule has 0 saturated carbocycles. The molecule has 0 spiro atoms. The van der Waals surface area contributed by atoms with Crippen molar-refractivity contribution in [1.82, 2.24) is 0 Å². The van der Waals surface area contributed by atoms with E-state index in [9.17, 15) is 14.8 Å². The molecule has 26 heavy (non-hydrogen) atoms. The Labute approximate surface area is 147 Å². The molecular weight excluding hydrogens is 344 g/mol. The highest BCUT2D eigenvalue weighted by Crippen LogP contribution is 2.41. The maximum Gasteiger partial charge on any atom is 0.343 e. The van der Waals surface area contributed by atoms with Crippen LogP contribution in [0.25, 0.3) is 0 Å². The van der Waals surface area contributed by atoms with Crippen molar-refractivity contribution >= 4 is 11.7 Å². The van der Waals surface area contributed by atoms with Gasteiger partial charge in [-0.25, -0.2) is 9.59 Å². The monoisotopic (exact) mass is 359 g/mol. The highest BCUT2D eigenvalue weighted by molar-refractivity contribution is 5.92. The summed E-state index contributed by atoms with van der Waals surface area (Å²) in [6.45, 7) is 1.58. The number of ether oxygens (including phenoxy) is 2. The zero-order chi connectivity index (χ0) is 19.0. The summed E-state index contributed by atoms with van der Waals surface area (Å²) in [7, 11) is 1.18. The maximum absolute atomic E-state index is 12.4. The maximum atomic E-state index is 12.4. The van der Waals surface area contributed by atoms with E-state index in [2.05, 4.69) is 0 Å². The first kappa shape index (κ1) is 17.5. The van der Waals surface area contributed by atoms with Crippen LogP contribution in [0.3, 0.4) is 0 Å². The first-order valence-electron chi connectivity index (χ1n) is 7.50. The Morgan fingerprint density at radius 3 is 2.58 bits per heavy atom. The summed E-state index contributed by atoms with van der Waals surface area (Å²) in [5.74, 6) is -1.40. The lowest BCUT2D eigenvalue weighted by Crippen LogP contribution is -2.30. The van der Waals surface area contributed by atoms with Gasteiger partial charge in [-0.05, 0) is 24.6 Å². The van der Waals surface area contributed by atoms with E-state index in [0.29, 0.717) is 11.3 Å². The minimum Gasteiger partial charge on any atom is -0.733 e. The lowest BCUT2D eigenvalue weighted by Gasteiger charge is -2.28. The fourth-order valence-corrected chi connectivity index (χ4v) is 2.85. The topological polar surface area (TPSA) is 138 Å². The van der Waals surface area contributed by atoms with Crippen molar-refractivity contribution in [2.24, 2.45) is 5.73 Å². The molecule has 0 radical (unpaired) electrons. The molecule has 1 aromatic heterocycles. The molecule has 0 aliphatic carbocycles.